The van der Waals surface area contributed by atoms with Crippen LogP contribution in [0.3, 0.4) is 0 Å². The fourth-order valence-corrected chi connectivity index (χ4v) is 2.55. The molecule has 2 aromatic carbocycles. The molecular weight excluding hydrogens is 445 g/mol. The van der Waals surface area contributed by atoms with Crippen LogP contribution in [0.15, 0.2) is 48.5 Å². The van der Waals surface area contributed by atoms with Crippen molar-refractivity contribution >= 4 is 40.3 Å². The molecule has 7 heteroatoms. The number of ether oxygens (including phenoxy) is 1. The number of aliphatic hydroxyl groups excluding tert-OH is 1. The molecule has 2 rings (SSSR count). The fraction of sp³-hybridized carbons (Fsp3) is 0.235. The summed E-state index contributed by atoms with van der Waals surface area (Å²) in [6.07, 6.45) is -2.02. The number of amides is 1. The van der Waals surface area contributed by atoms with E-state index in [1.54, 1.807) is 24.3 Å². The minimum Gasteiger partial charge on any atom is -0.492 e. The molecule has 1 amide bonds. The molecule has 0 aliphatic heterocycles. The van der Waals surface area contributed by atoms with Gasteiger partial charge in [-0.25, -0.2) is 4.79 Å². The molecule has 0 aliphatic carbocycles. The zero-order valence-electron chi connectivity index (χ0n) is 12.7. The number of halogens is 2. The van der Waals surface area contributed by atoms with Crippen LogP contribution in [-0.2, 0) is 0 Å². The lowest BCUT2D eigenvalue weighted by Gasteiger charge is -2.22. The number of hydrogen-bond acceptors (Lipinski definition) is 3. The van der Waals surface area contributed by atoms with Crippen molar-refractivity contribution in [3.8, 4) is 5.75 Å². The molecule has 24 heavy (non-hydrogen) atoms. The van der Waals surface area contributed by atoms with Crippen LogP contribution >= 0.6 is 34.2 Å². The van der Waals surface area contributed by atoms with E-state index in [1.807, 2.05) is 24.3 Å². The molecular formula is C17H17ClINO4. The highest BCUT2D eigenvalue weighted by Crippen LogP contribution is 2.18. The van der Waals surface area contributed by atoms with Gasteiger partial charge in [0.1, 0.15) is 12.4 Å². The fourth-order valence-electron chi connectivity index (χ4n) is 2.07. The third-order valence-corrected chi connectivity index (χ3v) is 4.33. The predicted octanol–water partition coefficient (Wildman–Crippen LogP) is 4.04. The van der Waals surface area contributed by atoms with E-state index < -0.39 is 12.2 Å². The van der Waals surface area contributed by atoms with Gasteiger partial charge in [-0.05, 0) is 64.6 Å². The zero-order valence-corrected chi connectivity index (χ0v) is 15.6. The van der Waals surface area contributed by atoms with Crippen molar-refractivity contribution in [2.75, 3.05) is 19.7 Å². The Balaban J connectivity index is 1.88. The number of carbonyl (C=O) groups is 1. The van der Waals surface area contributed by atoms with Gasteiger partial charge in [0.2, 0.25) is 0 Å². The maximum absolute atomic E-state index is 11.3. The average molecular weight is 462 g/mol. The highest BCUT2D eigenvalue weighted by molar-refractivity contribution is 14.1. The van der Waals surface area contributed by atoms with Gasteiger partial charge in [-0.3, -0.25) is 0 Å². The van der Waals surface area contributed by atoms with Crippen LogP contribution in [0.1, 0.15) is 11.7 Å². The molecule has 0 spiro atoms. The maximum atomic E-state index is 11.3. The molecule has 0 bridgehead atoms. The second-order valence-corrected chi connectivity index (χ2v) is 6.78. The number of nitrogens with zero attached hydrogens (tertiary/aromatic N) is 1. The molecule has 0 unspecified atom stereocenters. The summed E-state index contributed by atoms with van der Waals surface area (Å²) in [4.78, 5) is 12.5. The summed E-state index contributed by atoms with van der Waals surface area (Å²) in [6.45, 7) is 0.333. The van der Waals surface area contributed by atoms with Crippen molar-refractivity contribution in [3.05, 3.63) is 62.7 Å². The van der Waals surface area contributed by atoms with Crippen molar-refractivity contribution in [2.45, 2.75) is 6.10 Å². The first-order chi connectivity index (χ1) is 11.5. The first-order valence-electron chi connectivity index (χ1n) is 7.25. The average Bonchev–Trinajstić information content (AvgIpc) is 2.56. The van der Waals surface area contributed by atoms with E-state index in [0.29, 0.717) is 16.3 Å². The highest BCUT2D eigenvalue weighted by Gasteiger charge is 2.18. The smallest absolute Gasteiger partial charge is 0.407 e. The van der Waals surface area contributed by atoms with Crippen LogP contribution in [-0.4, -0.2) is 40.9 Å². The van der Waals surface area contributed by atoms with Crippen LogP contribution in [0, 0.1) is 3.57 Å². The monoisotopic (exact) mass is 461 g/mol. The van der Waals surface area contributed by atoms with E-state index in [-0.39, 0.29) is 19.7 Å². The van der Waals surface area contributed by atoms with Gasteiger partial charge in [-0.15, -0.1) is 0 Å². The third-order valence-electron chi connectivity index (χ3n) is 3.36. The Morgan fingerprint density at radius 2 is 1.79 bits per heavy atom. The standard InChI is InChI=1S/C17H17ClINO4/c18-13-3-1-12(2-4-13)16(21)11-20(17(22)23)9-10-24-15-7-5-14(19)6-8-15/h1-8,16,21H,9-11H2,(H,22,23)/t16-/m0/s1. The molecule has 0 fully saturated rings. The molecule has 0 saturated heterocycles. The van der Waals surface area contributed by atoms with Gasteiger partial charge >= 0.3 is 6.09 Å². The SMILES string of the molecule is O=C(O)N(CCOc1ccc(I)cc1)C[C@H](O)c1ccc(Cl)cc1. The molecule has 1 atom stereocenters. The van der Waals surface area contributed by atoms with Crippen LogP contribution in [0.2, 0.25) is 5.02 Å². The number of aliphatic hydroxyl groups is 1. The van der Waals surface area contributed by atoms with E-state index in [2.05, 4.69) is 22.6 Å². The molecule has 0 saturated carbocycles. The summed E-state index contributed by atoms with van der Waals surface area (Å²) in [6, 6.07) is 14.1. The van der Waals surface area contributed by atoms with Gasteiger partial charge in [0, 0.05) is 8.59 Å². The first kappa shape index (κ1) is 18.8. The van der Waals surface area contributed by atoms with E-state index in [9.17, 15) is 15.0 Å². The maximum Gasteiger partial charge on any atom is 0.407 e. The summed E-state index contributed by atoms with van der Waals surface area (Å²) in [5, 5.41) is 20.0. The van der Waals surface area contributed by atoms with E-state index in [4.69, 9.17) is 16.3 Å². The van der Waals surface area contributed by atoms with E-state index in [1.165, 1.54) is 0 Å². The minimum absolute atomic E-state index is 0.0347. The molecule has 0 radical (unpaired) electrons. The first-order valence-corrected chi connectivity index (χ1v) is 8.71. The Labute approximate surface area is 159 Å². The Kier molecular flexibility index (Phi) is 7.14. The van der Waals surface area contributed by atoms with Crippen LogP contribution in [0.5, 0.6) is 5.75 Å². The highest BCUT2D eigenvalue weighted by atomic mass is 127. The molecule has 0 aliphatic rings. The second kappa shape index (κ2) is 9.10. The molecule has 0 heterocycles. The van der Waals surface area contributed by atoms with Crippen molar-refractivity contribution in [1.29, 1.82) is 0 Å². The number of benzene rings is 2. The zero-order chi connectivity index (χ0) is 17.5. The molecule has 2 N–H and O–H groups in total. The van der Waals surface area contributed by atoms with Gasteiger partial charge in [-0.1, -0.05) is 23.7 Å². The lowest BCUT2D eigenvalue weighted by molar-refractivity contribution is 0.0894. The van der Waals surface area contributed by atoms with Gasteiger partial charge < -0.3 is 19.8 Å². The van der Waals surface area contributed by atoms with Gasteiger partial charge in [-0.2, -0.15) is 0 Å². The lowest BCUT2D eigenvalue weighted by atomic mass is 10.1. The Morgan fingerprint density at radius 1 is 1.17 bits per heavy atom. The van der Waals surface area contributed by atoms with Gasteiger partial charge in [0.15, 0.2) is 0 Å². The third kappa shape index (κ3) is 5.85. The molecule has 128 valence electrons. The van der Waals surface area contributed by atoms with Crippen molar-refractivity contribution in [3.63, 3.8) is 0 Å². The Bertz CT molecular complexity index is 663. The van der Waals surface area contributed by atoms with Gasteiger partial charge in [0.05, 0.1) is 19.2 Å². The second-order valence-electron chi connectivity index (χ2n) is 5.10. The molecule has 0 aromatic heterocycles. The summed E-state index contributed by atoms with van der Waals surface area (Å²) >= 11 is 8.00. The number of carboxylic acid groups (broad SMARTS) is 1. The van der Waals surface area contributed by atoms with Crippen LogP contribution in [0.25, 0.3) is 0 Å². The summed E-state index contributed by atoms with van der Waals surface area (Å²) < 4.78 is 6.63. The van der Waals surface area contributed by atoms with Gasteiger partial charge in [0.25, 0.3) is 0 Å². The summed E-state index contributed by atoms with van der Waals surface area (Å²) in [5.41, 5.74) is 0.615. The Morgan fingerprint density at radius 3 is 2.38 bits per heavy atom. The number of rotatable bonds is 7. The normalized spacial score (nSPS) is 11.8. The Hall–Kier alpha value is -1.51. The predicted molar refractivity (Wildman–Crippen MR) is 101 cm³/mol. The van der Waals surface area contributed by atoms with Crippen molar-refractivity contribution in [1.82, 2.24) is 4.90 Å². The lowest BCUT2D eigenvalue weighted by Crippen LogP contribution is -2.36. The van der Waals surface area contributed by atoms with E-state index in [0.717, 1.165) is 8.47 Å². The summed E-state index contributed by atoms with van der Waals surface area (Å²) in [7, 11) is 0. The number of hydrogen-bond donors (Lipinski definition) is 2. The largest absolute Gasteiger partial charge is 0.492 e. The quantitative estimate of drug-likeness (QED) is 0.611. The summed E-state index contributed by atoms with van der Waals surface area (Å²) in [5.74, 6) is 0.680. The topological polar surface area (TPSA) is 70.0 Å². The molecule has 2 aromatic rings. The van der Waals surface area contributed by atoms with Crippen LogP contribution in [0.4, 0.5) is 4.79 Å². The molecule has 5 nitrogen and oxygen atoms in total. The minimum atomic E-state index is -1.10. The van der Waals surface area contributed by atoms with Crippen molar-refractivity contribution in [2.24, 2.45) is 0 Å². The van der Waals surface area contributed by atoms with E-state index >= 15 is 0 Å². The van der Waals surface area contributed by atoms with Crippen molar-refractivity contribution < 1.29 is 19.7 Å². The van der Waals surface area contributed by atoms with Crippen LogP contribution < -0.4 is 4.74 Å².